The van der Waals surface area contributed by atoms with E-state index in [1.165, 1.54) is 19.3 Å². The maximum absolute atomic E-state index is 14.0. The fourth-order valence-corrected chi connectivity index (χ4v) is 7.32. The van der Waals surface area contributed by atoms with Gasteiger partial charge in [0.25, 0.3) is 0 Å². The highest BCUT2D eigenvalue weighted by atomic mass is 31.2. The predicted octanol–water partition coefficient (Wildman–Crippen LogP) is 7.31. The Bertz CT molecular complexity index is 429. The lowest BCUT2D eigenvalue weighted by Crippen LogP contribution is -2.38. The number of rotatable bonds is 6. The molecule has 0 amide bonds. The average molecular weight is 387 g/mol. The van der Waals surface area contributed by atoms with Crippen molar-refractivity contribution in [2.24, 2.45) is 0 Å². The SMILES string of the molecule is CC1(OP(=O)(OC2(C)CCCCC2)OC2(C)CCCCC2)CCCCC1. The van der Waals surface area contributed by atoms with Crippen molar-refractivity contribution in [2.75, 3.05) is 0 Å². The molecule has 3 rings (SSSR count). The summed E-state index contributed by atoms with van der Waals surface area (Å²) in [6.07, 6.45) is 16.1. The zero-order valence-electron chi connectivity index (χ0n) is 17.2. The summed E-state index contributed by atoms with van der Waals surface area (Å²) in [6.45, 7) is 6.29. The second-order valence-corrected chi connectivity index (χ2v) is 11.2. The Morgan fingerprint density at radius 1 is 0.500 bits per heavy atom. The van der Waals surface area contributed by atoms with Crippen LogP contribution in [0.2, 0.25) is 0 Å². The molecule has 0 bridgehead atoms. The molecule has 3 aliphatic rings. The molecule has 152 valence electrons. The highest BCUT2D eigenvalue weighted by molar-refractivity contribution is 7.48. The van der Waals surface area contributed by atoms with Crippen LogP contribution in [0, 0.1) is 0 Å². The fraction of sp³-hybridized carbons (Fsp3) is 1.00. The van der Waals surface area contributed by atoms with Gasteiger partial charge in [-0.25, -0.2) is 4.57 Å². The van der Waals surface area contributed by atoms with Crippen LogP contribution < -0.4 is 0 Å². The topological polar surface area (TPSA) is 44.8 Å². The summed E-state index contributed by atoms with van der Waals surface area (Å²) >= 11 is 0. The highest BCUT2D eigenvalue weighted by Crippen LogP contribution is 2.62. The molecule has 5 heteroatoms. The van der Waals surface area contributed by atoms with Gasteiger partial charge in [-0.1, -0.05) is 57.8 Å². The van der Waals surface area contributed by atoms with Crippen LogP contribution in [0.4, 0.5) is 0 Å². The van der Waals surface area contributed by atoms with Crippen LogP contribution in [0.15, 0.2) is 0 Å². The number of hydrogen-bond acceptors (Lipinski definition) is 4. The largest absolute Gasteiger partial charge is 0.476 e. The van der Waals surface area contributed by atoms with Gasteiger partial charge < -0.3 is 0 Å². The van der Waals surface area contributed by atoms with E-state index in [1.807, 2.05) is 0 Å². The van der Waals surface area contributed by atoms with Gasteiger partial charge in [-0.05, 0) is 59.3 Å². The summed E-state index contributed by atoms with van der Waals surface area (Å²) in [5, 5.41) is 0. The Kier molecular flexibility index (Phi) is 6.60. The van der Waals surface area contributed by atoms with Gasteiger partial charge in [0.2, 0.25) is 0 Å². The third-order valence-corrected chi connectivity index (χ3v) is 8.72. The minimum absolute atomic E-state index is 0.385. The van der Waals surface area contributed by atoms with E-state index in [9.17, 15) is 4.57 Å². The van der Waals surface area contributed by atoms with E-state index in [-0.39, 0.29) is 16.8 Å². The fourth-order valence-electron chi connectivity index (χ4n) is 5.04. The lowest BCUT2D eigenvalue weighted by Gasteiger charge is -2.43. The van der Waals surface area contributed by atoms with Crippen molar-refractivity contribution in [3.63, 3.8) is 0 Å². The lowest BCUT2D eigenvalue weighted by molar-refractivity contribution is -0.0787. The van der Waals surface area contributed by atoms with Crippen LogP contribution in [0.1, 0.15) is 117 Å². The van der Waals surface area contributed by atoms with Crippen LogP contribution >= 0.6 is 7.82 Å². The van der Waals surface area contributed by atoms with Crippen LogP contribution in [-0.2, 0) is 18.1 Å². The molecule has 3 saturated carbocycles. The normalized spacial score (nSPS) is 28.6. The molecule has 3 aliphatic carbocycles. The van der Waals surface area contributed by atoms with Crippen LogP contribution in [0.5, 0.6) is 0 Å². The first-order chi connectivity index (χ1) is 12.2. The summed E-state index contributed by atoms with van der Waals surface area (Å²) < 4.78 is 32.9. The van der Waals surface area contributed by atoms with Gasteiger partial charge in [0.15, 0.2) is 0 Å². The zero-order valence-corrected chi connectivity index (χ0v) is 18.1. The molecule has 0 aromatic carbocycles. The van der Waals surface area contributed by atoms with Gasteiger partial charge in [0.1, 0.15) is 0 Å². The van der Waals surface area contributed by atoms with Crippen LogP contribution in [-0.4, -0.2) is 16.8 Å². The summed E-state index contributed by atoms with van der Waals surface area (Å²) in [5.74, 6) is 0. The number of phosphoric acid groups is 1. The van der Waals surface area contributed by atoms with Gasteiger partial charge in [-0.3, -0.25) is 13.6 Å². The van der Waals surface area contributed by atoms with Gasteiger partial charge >= 0.3 is 7.82 Å². The molecule has 0 aromatic rings. The first kappa shape index (κ1) is 20.8. The Morgan fingerprint density at radius 2 is 0.731 bits per heavy atom. The summed E-state index contributed by atoms with van der Waals surface area (Å²) in [7, 11) is -3.62. The van der Waals surface area contributed by atoms with Crippen LogP contribution in [0.3, 0.4) is 0 Å². The molecule has 0 N–H and O–H groups in total. The van der Waals surface area contributed by atoms with Gasteiger partial charge in [-0.2, -0.15) is 0 Å². The smallest absolute Gasteiger partial charge is 0.280 e. The van der Waals surface area contributed by atoms with E-state index in [0.717, 1.165) is 77.0 Å². The van der Waals surface area contributed by atoms with Crippen molar-refractivity contribution >= 4 is 7.82 Å². The molecule has 0 atom stereocenters. The van der Waals surface area contributed by atoms with Crippen molar-refractivity contribution in [2.45, 2.75) is 134 Å². The van der Waals surface area contributed by atoms with E-state index in [0.29, 0.717) is 0 Å². The summed E-state index contributed by atoms with van der Waals surface area (Å²) in [6, 6.07) is 0. The summed E-state index contributed by atoms with van der Waals surface area (Å²) in [5.41, 5.74) is -1.16. The van der Waals surface area contributed by atoms with Crippen molar-refractivity contribution in [1.82, 2.24) is 0 Å². The molecule has 0 unspecified atom stereocenters. The Labute approximate surface area is 160 Å². The second-order valence-electron chi connectivity index (χ2n) is 9.75. The lowest BCUT2D eigenvalue weighted by atomic mass is 9.87. The van der Waals surface area contributed by atoms with E-state index in [2.05, 4.69) is 20.8 Å². The Hall–Kier alpha value is 0.110. The standard InChI is InChI=1S/C21H39O4P/c1-19(13-7-4-8-14-19)23-26(22,24-20(2)15-9-5-10-16-20)25-21(3)17-11-6-12-18-21/h4-18H2,1-3H3. The molecule has 4 nitrogen and oxygen atoms in total. The highest BCUT2D eigenvalue weighted by Gasteiger charge is 2.48. The van der Waals surface area contributed by atoms with E-state index in [4.69, 9.17) is 13.6 Å². The van der Waals surface area contributed by atoms with Crippen molar-refractivity contribution in [1.29, 1.82) is 0 Å². The minimum atomic E-state index is -3.62. The van der Waals surface area contributed by atoms with Gasteiger partial charge in [0.05, 0.1) is 16.8 Å². The van der Waals surface area contributed by atoms with E-state index >= 15 is 0 Å². The van der Waals surface area contributed by atoms with Crippen molar-refractivity contribution in [3.8, 4) is 0 Å². The molecule has 0 radical (unpaired) electrons. The molecule has 0 aromatic heterocycles. The van der Waals surface area contributed by atoms with Crippen molar-refractivity contribution < 1.29 is 18.1 Å². The maximum Gasteiger partial charge on any atom is 0.476 e. The molecule has 0 spiro atoms. The molecule has 3 fully saturated rings. The molecular weight excluding hydrogens is 347 g/mol. The monoisotopic (exact) mass is 386 g/mol. The number of phosphoric ester groups is 1. The average Bonchev–Trinajstić information content (AvgIpc) is 2.54. The quantitative estimate of drug-likeness (QED) is 0.449. The molecule has 0 aliphatic heterocycles. The molecule has 0 saturated heterocycles. The summed E-state index contributed by atoms with van der Waals surface area (Å²) in [4.78, 5) is 0. The second kappa shape index (κ2) is 8.23. The predicted molar refractivity (Wildman–Crippen MR) is 105 cm³/mol. The first-order valence-corrected chi connectivity index (χ1v) is 12.4. The first-order valence-electron chi connectivity index (χ1n) is 11.0. The van der Waals surface area contributed by atoms with Gasteiger partial charge in [-0.15, -0.1) is 0 Å². The maximum atomic E-state index is 14.0. The zero-order chi connectivity index (χ0) is 18.7. The Balaban J connectivity index is 1.78. The third kappa shape index (κ3) is 5.56. The van der Waals surface area contributed by atoms with Crippen molar-refractivity contribution in [3.05, 3.63) is 0 Å². The third-order valence-electron chi connectivity index (χ3n) is 6.73. The Morgan fingerprint density at radius 3 is 0.962 bits per heavy atom. The minimum Gasteiger partial charge on any atom is -0.280 e. The molecule has 26 heavy (non-hydrogen) atoms. The molecule has 0 heterocycles. The van der Waals surface area contributed by atoms with E-state index in [1.54, 1.807) is 0 Å². The number of hydrogen-bond donors (Lipinski definition) is 0. The van der Waals surface area contributed by atoms with E-state index < -0.39 is 7.82 Å². The van der Waals surface area contributed by atoms with Crippen LogP contribution in [0.25, 0.3) is 0 Å². The van der Waals surface area contributed by atoms with Gasteiger partial charge in [0, 0.05) is 0 Å². The molecular formula is C21H39O4P.